The smallest absolute Gasteiger partial charge is 0.337 e. The van der Waals surface area contributed by atoms with Crippen LogP contribution in [0, 0.1) is 0 Å². The predicted octanol–water partition coefficient (Wildman–Crippen LogP) is 0.594. The van der Waals surface area contributed by atoms with E-state index in [1.165, 1.54) is 18.2 Å². The number of rotatable bonds is 3. The third kappa shape index (κ3) is 2.22. The minimum absolute atomic E-state index is 0.0147. The molecule has 0 heterocycles. The van der Waals surface area contributed by atoms with Crippen molar-refractivity contribution in [2.45, 2.75) is 6.42 Å². The maximum Gasteiger partial charge on any atom is 0.337 e. The highest BCUT2D eigenvalue weighted by Gasteiger charge is 2.09. The summed E-state index contributed by atoms with van der Waals surface area (Å²) in [6.07, 6.45) is -0.163. The van der Waals surface area contributed by atoms with E-state index in [9.17, 15) is 9.59 Å². The summed E-state index contributed by atoms with van der Waals surface area (Å²) < 4.78 is 0. The van der Waals surface area contributed by atoms with Crippen molar-refractivity contribution in [1.29, 1.82) is 0 Å². The van der Waals surface area contributed by atoms with E-state index in [1.54, 1.807) is 0 Å². The van der Waals surface area contributed by atoms with Gasteiger partial charge in [0, 0.05) is 5.69 Å². The lowest BCUT2D eigenvalue weighted by Crippen LogP contribution is -2.05. The summed E-state index contributed by atoms with van der Waals surface area (Å²) in [6.45, 7) is 0. The fraction of sp³-hybridized carbons (Fsp3) is 0.111. The summed E-state index contributed by atoms with van der Waals surface area (Å²) in [5.74, 6) is -2.10. The molecule has 0 spiro atoms. The summed E-state index contributed by atoms with van der Waals surface area (Å²) in [7, 11) is 0. The molecule has 14 heavy (non-hydrogen) atoms. The van der Waals surface area contributed by atoms with Gasteiger partial charge >= 0.3 is 11.9 Å². The Balaban J connectivity index is 3.00. The van der Waals surface area contributed by atoms with Crippen LogP contribution >= 0.6 is 0 Å². The minimum Gasteiger partial charge on any atom is -0.481 e. The predicted molar refractivity (Wildman–Crippen MR) is 49.2 cm³/mol. The number of hydrogen-bond acceptors (Lipinski definition) is 3. The molecule has 0 radical (unpaired) electrons. The number of nitrogens with two attached hydrogens (primary N) is 1. The summed E-state index contributed by atoms with van der Waals surface area (Å²) in [5.41, 5.74) is 5.98. The zero-order valence-electron chi connectivity index (χ0n) is 7.23. The molecule has 0 bridgehead atoms. The third-order valence-corrected chi connectivity index (χ3v) is 1.70. The quantitative estimate of drug-likeness (QED) is 0.613. The summed E-state index contributed by atoms with van der Waals surface area (Å²) in [4.78, 5) is 20.9. The molecule has 1 aromatic carbocycles. The summed E-state index contributed by atoms with van der Waals surface area (Å²) in [6, 6.07) is 4.10. The largest absolute Gasteiger partial charge is 0.481 e. The van der Waals surface area contributed by atoms with E-state index >= 15 is 0 Å². The highest BCUT2D eigenvalue weighted by Crippen LogP contribution is 2.14. The number of carboxylic acid groups (broad SMARTS) is 2. The molecular formula is C9H9NO4. The first-order valence-corrected chi connectivity index (χ1v) is 3.84. The van der Waals surface area contributed by atoms with Crippen molar-refractivity contribution in [3.63, 3.8) is 0 Å². The SMILES string of the molecule is Nc1cc(CC(=O)O)ccc1C(=O)O. The van der Waals surface area contributed by atoms with E-state index in [2.05, 4.69) is 0 Å². The topological polar surface area (TPSA) is 101 Å². The zero-order valence-corrected chi connectivity index (χ0v) is 7.23. The number of benzene rings is 1. The van der Waals surface area contributed by atoms with Gasteiger partial charge in [-0.1, -0.05) is 6.07 Å². The zero-order chi connectivity index (χ0) is 10.7. The monoisotopic (exact) mass is 195 g/mol. The molecule has 1 rings (SSSR count). The molecule has 74 valence electrons. The molecule has 0 aromatic heterocycles. The number of anilines is 1. The molecule has 0 saturated carbocycles. The maximum absolute atomic E-state index is 10.6. The van der Waals surface area contributed by atoms with E-state index in [0.29, 0.717) is 5.56 Å². The molecule has 0 saturated heterocycles. The Morgan fingerprint density at radius 3 is 2.36 bits per heavy atom. The Hall–Kier alpha value is -2.04. The van der Waals surface area contributed by atoms with Crippen LogP contribution in [0.2, 0.25) is 0 Å². The van der Waals surface area contributed by atoms with Gasteiger partial charge in [-0.25, -0.2) is 4.79 Å². The van der Waals surface area contributed by atoms with Crippen molar-refractivity contribution in [3.05, 3.63) is 29.3 Å². The van der Waals surface area contributed by atoms with Crippen LogP contribution in [-0.4, -0.2) is 22.2 Å². The van der Waals surface area contributed by atoms with Gasteiger partial charge in [-0.3, -0.25) is 4.79 Å². The Morgan fingerprint density at radius 2 is 1.93 bits per heavy atom. The molecule has 1 aromatic rings. The lowest BCUT2D eigenvalue weighted by Gasteiger charge is -2.02. The summed E-state index contributed by atoms with van der Waals surface area (Å²) in [5, 5.41) is 17.1. The van der Waals surface area contributed by atoms with Crippen molar-refractivity contribution in [2.24, 2.45) is 0 Å². The standard InChI is InChI=1S/C9H9NO4/c10-7-3-5(4-8(11)12)1-2-6(7)9(13)14/h1-3H,4,10H2,(H,11,12)(H,13,14). The Kier molecular flexibility index (Phi) is 2.71. The number of aromatic carboxylic acids is 1. The van der Waals surface area contributed by atoms with Gasteiger partial charge in [-0.05, 0) is 17.7 Å². The third-order valence-electron chi connectivity index (χ3n) is 1.70. The fourth-order valence-corrected chi connectivity index (χ4v) is 1.09. The van der Waals surface area contributed by atoms with Crippen molar-refractivity contribution >= 4 is 17.6 Å². The first-order valence-electron chi connectivity index (χ1n) is 3.84. The number of nitrogen functional groups attached to an aromatic ring is 1. The van der Waals surface area contributed by atoms with Crippen LogP contribution in [0.1, 0.15) is 15.9 Å². The van der Waals surface area contributed by atoms with Crippen molar-refractivity contribution < 1.29 is 19.8 Å². The Bertz CT molecular complexity index is 386. The van der Waals surface area contributed by atoms with E-state index in [4.69, 9.17) is 15.9 Å². The molecule has 0 unspecified atom stereocenters. The van der Waals surface area contributed by atoms with Gasteiger partial charge in [-0.2, -0.15) is 0 Å². The normalized spacial score (nSPS) is 9.71. The number of carboxylic acids is 2. The molecule has 0 aliphatic rings. The molecular weight excluding hydrogens is 186 g/mol. The average Bonchev–Trinajstić information content (AvgIpc) is 2.01. The number of hydrogen-bond donors (Lipinski definition) is 3. The van der Waals surface area contributed by atoms with Crippen LogP contribution in [0.5, 0.6) is 0 Å². The molecule has 0 amide bonds. The first-order chi connectivity index (χ1) is 6.50. The van der Waals surface area contributed by atoms with Gasteiger partial charge in [0.1, 0.15) is 0 Å². The highest BCUT2D eigenvalue weighted by atomic mass is 16.4. The van der Waals surface area contributed by atoms with Crippen LogP contribution in [0.15, 0.2) is 18.2 Å². The highest BCUT2D eigenvalue weighted by molar-refractivity contribution is 5.93. The van der Waals surface area contributed by atoms with Gasteiger partial charge in [0.15, 0.2) is 0 Å². The minimum atomic E-state index is -1.12. The second-order valence-electron chi connectivity index (χ2n) is 2.80. The van der Waals surface area contributed by atoms with Gasteiger partial charge < -0.3 is 15.9 Å². The van der Waals surface area contributed by atoms with E-state index < -0.39 is 11.9 Å². The molecule has 0 fully saturated rings. The van der Waals surface area contributed by atoms with Crippen LogP contribution in [0.3, 0.4) is 0 Å². The van der Waals surface area contributed by atoms with Crippen LogP contribution < -0.4 is 5.73 Å². The van der Waals surface area contributed by atoms with E-state index in [-0.39, 0.29) is 17.7 Å². The van der Waals surface area contributed by atoms with Gasteiger partial charge in [0.25, 0.3) is 0 Å². The van der Waals surface area contributed by atoms with Crippen LogP contribution in [-0.2, 0) is 11.2 Å². The maximum atomic E-state index is 10.6. The average molecular weight is 195 g/mol. The second-order valence-corrected chi connectivity index (χ2v) is 2.80. The van der Waals surface area contributed by atoms with E-state index in [0.717, 1.165) is 0 Å². The molecule has 0 atom stereocenters. The molecule has 4 N–H and O–H groups in total. The van der Waals surface area contributed by atoms with Gasteiger partial charge in [0.05, 0.1) is 12.0 Å². The lowest BCUT2D eigenvalue weighted by molar-refractivity contribution is -0.136. The van der Waals surface area contributed by atoms with E-state index in [1.807, 2.05) is 0 Å². The second kappa shape index (κ2) is 3.78. The molecule has 5 nitrogen and oxygen atoms in total. The van der Waals surface area contributed by atoms with Gasteiger partial charge in [0.2, 0.25) is 0 Å². The van der Waals surface area contributed by atoms with Crippen molar-refractivity contribution in [1.82, 2.24) is 0 Å². The Labute approximate surface area is 79.8 Å². The molecule has 0 aliphatic heterocycles. The van der Waals surface area contributed by atoms with Crippen molar-refractivity contribution in [3.8, 4) is 0 Å². The first kappa shape index (κ1) is 10.0. The Morgan fingerprint density at radius 1 is 1.29 bits per heavy atom. The van der Waals surface area contributed by atoms with Crippen molar-refractivity contribution in [2.75, 3.05) is 5.73 Å². The van der Waals surface area contributed by atoms with Crippen LogP contribution in [0.4, 0.5) is 5.69 Å². The van der Waals surface area contributed by atoms with Crippen LogP contribution in [0.25, 0.3) is 0 Å². The number of carbonyl (C=O) groups is 2. The molecule has 0 aliphatic carbocycles. The lowest BCUT2D eigenvalue weighted by atomic mass is 10.1. The summed E-state index contributed by atoms with van der Waals surface area (Å²) >= 11 is 0. The fourth-order valence-electron chi connectivity index (χ4n) is 1.09. The van der Waals surface area contributed by atoms with Gasteiger partial charge in [-0.15, -0.1) is 0 Å². The molecule has 5 heteroatoms. The number of aliphatic carboxylic acids is 1.